The second-order valence-electron chi connectivity index (χ2n) is 5.00. The summed E-state index contributed by atoms with van der Waals surface area (Å²) in [5.41, 5.74) is 9.17. The van der Waals surface area contributed by atoms with Gasteiger partial charge < -0.3 is 5.73 Å². The van der Waals surface area contributed by atoms with E-state index in [4.69, 9.17) is 17.3 Å². The number of hydrogen-bond donors (Lipinski definition) is 1. The summed E-state index contributed by atoms with van der Waals surface area (Å²) < 4.78 is 15.0. The van der Waals surface area contributed by atoms with E-state index in [0.29, 0.717) is 11.4 Å². The average molecular weight is 296 g/mol. The van der Waals surface area contributed by atoms with Gasteiger partial charge in [-0.3, -0.25) is 4.68 Å². The molecule has 0 saturated carbocycles. The van der Waals surface area contributed by atoms with Crippen LogP contribution in [0, 0.1) is 12.7 Å². The van der Waals surface area contributed by atoms with Crippen LogP contribution in [-0.4, -0.2) is 15.8 Å². The highest BCUT2D eigenvalue weighted by Gasteiger charge is 2.12. The maximum atomic E-state index is 13.0. The molecule has 0 aliphatic heterocycles. The Morgan fingerprint density at radius 3 is 2.75 bits per heavy atom. The van der Waals surface area contributed by atoms with Gasteiger partial charge in [-0.05, 0) is 44.0 Å². The Kier molecular flexibility index (Phi) is 4.78. The van der Waals surface area contributed by atoms with E-state index in [1.54, 1.807) is 6.07 Å². The Bertz CT molecular complexity index is 595. The van der Waals surface area contributed by atoms with Gasteiger partial charge in [-0.25, -0.2) is 4.39 Å². The molecule has 0 saturated heterocycles. The van der Waals surface area contributed by atoms with Gasteiger partial charge in [-0.1, -0.05) is 17.7 Å². The molecule has 1 heterocycles. The molecule has 2 rings (SSSR count). The molecule has 0 fully saturated rings. The van der Waals surface area contributed by atoms with Gasteiger partial charge in [0.25, 0.3) is 0 Å². The average Bonchev–Trinajstić information content (AvgIpc) is 2.73. The number of rotatable bonds is 5. The van der Waals surface area contributed by atoms with Gasteiger partial charge in [0.2, 0.25) is 0 Å². The molecule has 20 heavy (non-hydrogen) atoms. The van der Waals surface area contributed by atoms with E-state index in [1.807, 2.05) is 11.6 Å². The Labute approximate surface area is 123 Å². The van der Waals surface area contributed by atoms with Crippen LogP contribution < -0.4 is 5.73 Å². The molecule has 1 atom stereocenters. The lowest BCUT2D eigenvalue weighted by Crippen LogP contribution is -2.27. The Morgan fingerprint density at radius 1 is 1.35 bits per heavy atom. The Morgan fingerprint density at radius 2 is 2.10 bits per heavy atom. The number of halogens is 2. The maximum absolute atomic E-state index is 13.0. The van der Waals surface area contributed by atoms with E-state index >= 15 is 0 Å². The van der Waals surface area contributed by atoms with Gasteiger partial charge in [0.05, 0.1) is 5.69 Å². The highest BCUT2D eigenvalue weighted by molar-refractivity contribution is 6.31. The van der Waals surface area contributed by atoms with Gasteiger partial charge in [0.15, 0.2) is 0 Å². The van der Waals surface area contributed by atoms with Crippen LogP contribution in [0.1, 0.15) is 23.9 Å². The van der Waals surface area contributed by atoms with Gasteiger partial charge in [0, 0.05) is 29.7 Å². The number of hydrogen-bond acceptors (Lipinski definition) is 2. The first-order valence-electron chi connectivity index (χ1n) is 6.72. The third-order valence-electron chi connectivity index (χ3n) is 3.25. The summed E-state index contributed by atoms with van der Waals surface area (Å²) >= 11 is 6.03. The largest absolute Gasteiger partial charge is 0.327 e. The minimum atomic E-state index is -0.327. The lowest BCUT2D eigenvalue weighted by Gasteiger charge is -2.13. The van der Waals surface area contributed by atoms with E-state index in [0.717, 1.165) is 29.9 Å². The van der Waals surface area contributed by atoms with Crippen LogP contribution in [-0.2, 0) is 19.4 Å². The van der Waals surface area contributed by atoms with E-state index < -0.39 is 0 Å². The summed E-state index contributed by atoms with van der Waals surface area (Å²) in [6.45, 7) is 4.85. The van der Waals surface area contributed by atoms with Crippen molar-refractivity contribution in [1.29, 1.82) is 0 Å². The Balaban J connectivity index is 2.06. The van der Waals surface area contributed by atoms with Crippen LogP contribution in [0.3, 0.4) is 0 Å². The molecule has 1 aromatic carbocycles. The highest BCUT2D eigenvalue weighted by atomic mass is 35.5. The van der Waals surface area contributed by atoms with Crippen LogP contribution in [0.2, 0.25) is 5.02 Å². The molecule has 2 aromatic rings. The molecule has 0 aliphatic rings. The second kappa shape index (κ2) is 6.37. The van der Waals surface area contributed by atoms with Gasteiger partial charge in [-0.15, -0.1) is 0 Å². The van der Waals surface area contributed by atoms with Crippen molar-refractivity contribution >= 4 is 11.6 Å². The lowest BCUT2D eigenvalue weighted by atomic mass is 10.0. The fraction of sp³-hybridized carbons (Fsp3) is 0.400. The standard InChI is InChI=1S/C15H19ClFN3/c1-3-20-14(6-10(2)19-20)9-13(18)7-11-4-5-12(17)8-15(11)16/h4-6,8,13H,3,7,9,18H2,1-2H3. The zero-order chi connectivity index (χ0) is 14.7. The normalized spacial score (nSPS) is 12.7. The molecule has 1 unspecified atom stereocenters. The van der Waals surface area contributed by atoms with E-state index in [2.05, 4.69) is 18.1 Å². The summed E-state index contributed by atoms with van der Waals surface area (Å²) in [4.78, 5) is 0. The first-order valence-corrected chi connectivity index (χ1v) is 7.10. The van der Waals surface area contributed by atoms with E-state index in [9.17, 15) is 4.39 Å². The number of nitrogens with two attached hydrogens (primary N) is 1. The van der Waals surface area contributed by atoms with Crippen LogP contribution in [0.25, 0.3) is 0 Å². The van der Waals surface area contributed by atoms with Crippen molar-refractivity contribution in [3.63, 3.8) is 0 Å². The fourth-order valence-corrected chi connectivity index (χ4v) is 2.59. The summed E-state index contributed by atoms with van der Waals surface area (Å²) in [7, 11) is 0. The molecular formula is C15H19ClFN3. The van der Waals surface area contributed by atoms with Crippen LogP contribution >= 0.6 is 11.6 Å². The summed E-state index contributed by atoms with van der Waals surface area (Å²) in [5.74, 6) is -0.327. The van der Waals surface area contributed by atoms with E-state index in [-0.39, 0.29) is 11.9 Å². The smallest absolute Gasteiger partial charge is 0.124 e. The monoisotopic (exact) mass is 295 g/mol. The quantitative estimate of drug-likeness (QED) is 0.921. The number of benzene rings is 1. The number of aryl methyl sites for hydroxylation is 2. The summed E-state index contributed by atoms with van der Waals surface area (Å²) in [6, 6.07) is 6.41. The molecule has 0 amide bonds. The van der Waals surface area contributed by atoms with Crippen molar-refractivity contribution in [2.24, 2.45) is 5.73 Å². The topological polar surface area (TPSA) is 43.8 Å². The highest BCUT2D eigenvalue weighted by Crippen LogP contribution is 2.19. The zero-order valence-corrected chi connectivity index (χ0v) is 12.5. The molecule has 5 heteroatoms. The maximum Gasteiger partial charge on any atom is 0.124 e. The third-order valence-corrected chi connectivity index (χ3v) is 3.61. The molecule has 1 aromatic heterocycles. The molecule has 3 nitrogen and oxygen atoms in total. The number of aromatic nitrogens is 2. The molecular weight excluding hydrogens is 277 g/mol. The minimum absolute atomic E-state index is 0.0700. The third kappa shape index (κ3) is 3.58. The van der Waals surface area contributed by atoms with Gasteiger partial charge in [-0.2, -0.15) is 5.10 Å². The van der Waals surface area contributed by atoms with Crippen molar-refractivity contribution in [3.8, 4) is 0 Å². The van der Waals surface area contributed by atoms with E-state index in [1.165, 1.54) is 12.1 Å². The van der Waals surface area contributed by atoms with Crippen LogP contribution in [0.15, 0.2) is 24.3 Å². The van der Waals surface area contributed by atoms with Crippen molar-refractivity contribution in [3.05, 3.63) is 52.1 Å². The SMILES string of the molecule is CCn1nc(C)cc1CC(N)Cc1ccc(F)cc1Cl. The van der Waals surface area contributed by atoms with Gasteiger partial charge >= 0.3 is 0 Å². The molecule has 2 N–H and O–H groups in total. The fourth-order valence-electron chi connectivity index (χ4n) is 2.35. The summed E-state index contributed by atoms with van der Waals surface area (Å²) in [5, 5.41) is 4.83. The van der Waals surface area contributed by atoms with Crippen molar-refractivity contribution in [2.75, 3.05) is 0 Å². The van der Waals surface area contributed by atoms with Gasteiger partial charge in [0.1, 0.15) is 5.82 Å². The first kappa shape index (κ1) is 15.0. The molecule has 0 spiro atoms. The van der Waals surface area contributed by atoms with Crippen molar-refractivity contribution < 1.29 is 4.39 Å². The van der Waals surface area contributed by atoms with Crippen LogP contribution in [0.5, 0.6) is 0 Å². The lowest BCUT2D eigenvalue weighted by molar-refractivity contribution is 0.573. The predicted molar refractivity (Wildman–Crippen MR) is 79.4 cm³/mol. The number of nitrogens with zero attached hydrogens (tertiary/aromatic N) is 2. The second-order valence-corrected chi connectivity index (χ2v) is 5.40. The molecule has 0 bridgehead atoms. The zero-order valence-electron chi connectivity index (χ0n) is 11.7. The van der Waals surface area contributed by atoms with Crippen molar-refractivity contribution in [1.82, 2.24) is 9.78 Å². The minimum Gasteiger partial charge on any atom is -0.327 e. The molecule has 0 aliphatic carbocycles. The summed E-state index contributed by atoms with van der Waals surface area (Å²) in [6.07, 6.45) is 1.34. The first-order chi connectivity index (χ1) is 9.49. The molecule has 108 valence electrons. The molecule has 0 radical (unpaired) electrons. The van der Waals surface area contributed by atoms with Crippen LogP contribution in [0.4, 0.5) is 4.39 Å². The Hall–Kier alpha value is -1.39. The van der Waals surface area contributed by atoms with Crippen molar-refractivity contribution in [2.45, 2.75) is 39.3 Å². The predicted octanol–water partition coefficient (Wildman–Crippen LogP) is 3.12.